The predicted molar refractivity (Wildman–Crippen MR) is 107 cm³/mol. The Balaban J connectivity index is 1.70. The van der Waals surface area contributed by atoms with Crippen LogP contribution < -0.4 is 14.8 Å². The number of thioether (sulfide) groups is 1. The van der Waals surface area contributed by atoms with Crippen molar-refractivity contribution in [3.05, 3.63) is 28.7 Å². The van der Waals surface area contributed by atoms with E-state index >= 15 is 0 Å². The van der Waals surface area contributed by atoms with Crippen molar-refractivity contribution in [3.63, 3.8) is 0 Å². The van der Waals surface area contributed by atoms with Crippen molar-refractivity contribution >= 4 is 34.9 Å². The molecule has 1 aromatic carbocycles. The lowest BCUT2D eigenvalue weighted by Crippen LogP contribution is -2.44. The van der Waals surface area contributed by atoms with Crippen molar-refractivity contribution in [3.8, 4) is 11.5 Å². The Bertz CT molecular complexity index is 815. The van der Waals surface area contributed by atoms with Gasteiger partial charge in [-0.05, 0) is 61.2 Å². The Hall–Kier alpha value is -2.48. The van der Waals surface area contributed by atoms with Gasteiger partial charge in [-0.15, -0.1) is 0 Å². The fourth-order valence-electron chi connectivity index (χ4n) is 3.17. The molecular weight excluding hydrogens is 380 g/mol. The number of ether oxygens (including phenoxy) is 2. The molecule has 2 fully saturated rings. The molecule has 1 N–H and O–H groups in total. The third-order valence-electron chi connectivity index (χ3n) is 4.87. The molecule has 2 saturated heterocycles. The Morgan fingerprint density at radius 2 is 2.00 bits per heavy atom. The van der Waals surface area contributed by atoms with E-state index in [0.29, 0.717) is 27.9 Å². The van der Waals surface area contributed by atoms with Gasteiger partial charge in [0, 0.05) is 13.1 Å². The number of likely N-dealkylation sites (tertiary alicyclic amines) is 1. The first-order valence-corrected chi connectivity index (χ1v) is 10.1. The van der Waals surface area contributed by atoms with Gasteiger partial charge in [0.05, 0.1) is 12.0 Å². The average Bonchev–Trinajstić information content (AvgIpc) is 2.99. The summed E-state index contributed by atoms with van der Waals surface area (Å²) < 4.78 is 11.3. The number of hydrogen-bond donors (Lipinski definition) is 1. The molecule has 2 aliphatic heterocycles. The van der Waals surface area contributed by atoms with E-state index in [4.69, 9.17) is 9.47 Å². The molecule has 2 aliphatic rings. The van der Waals surface area contributed by atoms with E-state index in [1.165, 1.54) is 7.11 Å². The molecule has 0 spiro atoms. The molecule has 3 rings (SSSR count). The molecule has 150 valence electrons. The number of rotatable bonds is 5. The normalized spacial score (nSPS) is 20.2. The minimum atomic E-state index is -0.625. The standard InChI is InChI=1S/C20H24N2O5S/c1-12-6-8-22(9-7-12)19(24)13(2)27-15-5-4-14(10-16(15)26-3)11-17-18(23)21-20(25)28-17/h4-5,10-13H,6-9H2,1-3H3,(H,21,23,25)/b17-11+. The summed E-state index contributed by atoms with van der Waals surface area (Å²) >= 11 is 0.856. The van der Waals surface area contributed by atoms with Gasteiger partial charge >= 0.3 is 0 Å². The minimum absolute atomic E-state index is 0.0299. The molecular formula is C20H24N2O5S. The summed E-state index contributed by atoms with van der Waals surface area (Å²) in [5.41, 5.74) is 0.695. The largest absolute Gasteiger partial charge is 0.493 e. The molecule has 1 aromatic rings. The highest BCUT2D eigenvalue weighted by atomic mass is 32.2. The van der Waals surface area contributed by atoms with E-state index in [2.05, 4.69) is 12.2 Å². The zero-order chi connectivity index (χ0) is 20.3. The van der Waals surface area contributed by atoms with Crippen LogP contribution in [0.1, 0.15) is 32.3 Å². The van der Waals surface area contributed by atoms with Crippen LogP contribution in [0.4, 0.5) is 4.79 Å². The van der Waals surface area contributed by atoms with Crippen LogP contribution in [0.15, 0.2) is 23.1 Å². The number of amides is 3. The van der Waals surface area contributed by atoms with Gasteiger partial charge < -0.3 is 14.4 Å². The van der Waals surface area contributed by atoms with Gasteiger partial charge in [-0.3, -0.25) is 19.7 Å². The summed E-state index contributed by atoms with van der Waals surface area (Å²) in [6, 6.07) is 5.16. The first-order chi connectivity index (χ1) is 13.4. The molecule has 7 nitrogen and oxygen atoms in total. The number of carbonyl (C=O) groups excluding carboxylic acids is 3. The quantitative estimate of drug-likeness (QED) is 0.760. The average molecular weight is 404 g/mol. The number of imide groups is 1. The molecule has 1 atom stereocenters. The maximum absolute atomic E-state index is 12.6. The fraction of sp³-hybridized carbons (Fsp3) is 0.450. The third kappa shape index (κ3) is 4.67. The lowest BCUT2D eigenvalue weighted by molar-refractivity contribution is -0.139. The van der Waals surface area contributed by atoms with Crippen molar-refractivity contribution in [2.24, 2.45) is 5.92 Å². The lowest BCUT2D eigenvalue weighted by atomic mass is 9.99. The number of nitrogens with one attached hydrogen (secondary N) is 1. The van der Waals surface area contributed by atoms with Crippen LogP contribution in [0.5, 0.6) is 11.5 Å². The molecule has 8 heteroatoms. The highest BCUT2D eigenvalue weighted by Crippen LogP contribution is 2.32. The maximum Gasteiger partial charge on any atom is 0.290 e. The highest BCUT2D eigenvalue weighted by Gasteiger charge is 2.27. The minimum Gasteiger partial charge on any atom is -0.493 e. The van der Waals surface area contributed by atoms with Crippen LogP contribution in [-0.2, 0) is 9.59 Å². The zero-order valence-corrected chi connectivity index (χ0v) is 17.0. The molecule has 3 amide bonds. The van der Waals surface area contributed by atoms with Crippen LogP contribution in [0.25, 0.3) is 6.08 Å². The Morgan fingerprint density at radius 1 is 1.29 bits per heavy atom. The first-order valence-electron chi connectivity index (χ1n) is 9.25. The van der Waals surface area contributed by atoms with Gasteiger partial charge in [0.25, 0.3) is 17.1 Å². The number of carbonyl (C=O) groups is 3. The fourth-order valence-corrected chi connectivity index (χ4v) is 3.85. The van der Waals surface area contributed by atoms with Gasteiger partial charge in [0.2, 0.25) is 0 Å². The van der Waals surface area contributed by atoms with Crippen molar-refractivity contribution in [1.29, 1.82) is 0 Å². The number of piperidine rings is 1. The molecule has 0 radical (unpaired) electrons. The predicted octanol–water partition coefficient (Wildman–Crippen LogP) is 3.04. The van der Waals surface area contributed by atoms with Crippen LogP contribution in [-0.4, -0.2) is 48.3 Å². The van der Waals surface area contributed by atoms with Gasteiger partial charge in [0.15, 0.2) is 17.6 Å². The summed E-state index contributed by atoms with van der Waals surface area (Å²) in [4.78, 5) is 37.8. The van der Waals surface area contributed by atoms with E-state index in [1.807, 2.05) is 4.90 Å². The molecule has 28 heavy (non-hydrogen) atoms. The second-order valence-corrected chi connectivity index (χ2v) is 8.05. The van der Waals surface area contributed by atoms with E-state index in [0.717, 1.165) is 37.7 Å². The summed E-state index contributed by atoms with van der Waals surface area (Å²) in [5, 5.41) is 1.83. The third-order valence-corrected chi connectivity index (χ3v) is 5.68. The Kier molecular flexibility index (Phi) is 6.28. The van der Waals surface area contributed by atoms with E-state index < -0.39 is 12.0 Å². The zero-order valence-electron chi connectivity index (χ0n) is 16.2. The number of nitrogens with zero attached hydrogens (tertiary/aromatic N) is 1. The van der Waals surface area contributed by atoms with Gasteiger partial charge in [-0.1, -0.05) is 13.0 Å². The molecule has 1 unspecified atom stereocenters. The van der Waals surface area contributed by atoms with Crippen LogP contribution in [0.3, 0.4) is 0 Å². The van der Waals surface area contributed by atoms with E-state index in [-0.39, 0.29) is 11.1 Å². The molecule has 2 heterocycles. The number of hydrogen-bond acceptors (Lipinski definition) is 6. The smallest absolute Gasteiger partial charge is 0.290 e. The van der Waals surface area contributed by atoms with Crippen LogP contribution >= 0.6 is 11.8 Å². The molecule has 0 saturated carbocycles. The Labute approximate surface area is 168 Å². The molecule has 0 aliphatic carbocycles. The van der Waals surface area contributed by atoms with E-state index in [1.54, 1.807) is 31.2 Å². The summed E-state index contributed by atoms with van der Waals surface area (Å²) in [7, 11) is 1.51. The lowest BCUT2D eigenvalue weighted by Gasteiger charge is -2.32. The van der Waals surface area contributed by atoms with Crippen molar-refractivity contribution in [2.45, 2.75) is 32.8 Å². The van der Waals surface area contributed by atoms with E-state index in [9.17, 15) is 14.4 Å². The summed E-state index contributed by atoms with van der Waals surface area (Å²) in [6.45, 7) is 5.46. The SMILES string of the molecule is COc1cc(/C=C2/SC(=O)NC2=O)ccc1OC(C)C(=O)N1CCC(C)CC1. The topological polar surface area (TPSA) is 84.9 Å². The first kappa shape index (κ1) is 20.3. The molecule has 0 aromatic heterocycles. The molecule has 0 bridgehead atoms. The second-order valence-electron chi connectivity index (χ2n) is 7.03. The summed E-state index contributed by atoms with van der Waals surface area (Å²) in [5.74, 6) is 1.12. The summed E-state index contributed by atoms with van der Waals surface area (Å²) in [6.07, 6.45) is 3.01. The maximum atomic E-state index is 12.6. The van der Waals surface area contributed by atoms with Gasteiger partial charge in [-0.25, -0.2) is 0 Å². The van der Waals surface area contributed by atoms with Crippen molar-refractivity contribution in [2.75, 3.05) is 20.2 Å². The second kappa shape index (κ2) is 8.68. The highest BCUT2D eigenvalue weighted by molar-refractivity contribution is 8.18. The Morgan fingerprint density at radius 3 is 2.61 bits per heavy atom. The number of benzene rings is 1. The monoisotopic (exact) mass is 404 g/mol. The number of methoxy groups -OCH3 is 1. The van der Waals surface area contributed by atoms with Gasteiger partial charge in [-0.2, -0.15) is 0 Å². The van der Waals surface area contributed by atoms with Crippen LogP contribution in [0, 0.1) is 5.92 Å². The van der Waals surface area contributed by atoms with Crippen molar-refractivity contribution in [1.82, 2.24) is 10.2 Å². The van der Waals surface area contributed by atoms with Crippen LogP contribution in [0.2, 0.25) is 0 Å². The van der Waals surface area contributed by atoms with Crippen molar-refractivity contribution < 1.29 is 23.9 Å². The van der Waals surface area contributed by atoms with Gasteiger partial charge in [0.1, 0.15) is 0 Å².